The summed E-state index contributed by atoms with van der Waals surface area (Å²) in [5.74, 6) is -2.09. The van der Waals surface area contributed by atoms with E-state index in [1.165, 1.54) is 54.6 Å². The van der Waals surface area contributed by atoms with E-state index in [1.807, 2.05) is 0 Å². The molecule has 0 aliphatic rings. The minimum absolute atomic E-state index is 0.0594. The summed E-state index contributed by atoms with van der Waals surface area (Å²) in [6, 6.07) is 6.87. The van der Waals surface area contributed by atoms with Crippen molar-refractivity contribution in [3.05, 3.63) is 76.1 Å². The smallest absolute Gasteiger partial charge is 0.436 e. The third-order valence-electron chi connectivity index (χ3n) is 5.29. The van der Waals surface area contributed by atoms with Gasteiger partial charge in [0.15, 0.2) is 18.0 Å². The van der Waals surface area contributed by atoms with Gasteiger partial charge < -0.3 is 10.1 Å². The minimum atomic E-state index is -4.99. The Hall–Kier alpha value is -3.32. The van der Waals surface area contributed by atoms with Crippen LogP contribution >= 0.6 is 23.9 Å². The number of fused-ring (bicyclic) bond motifs is 1. The zero-order valence-corrected chi connectivity index (χ0v) is 20.2. The van der Waals surface area contributed by atoms with E-state index < -0.39 is 35.3 Å². The number of hydrogen-bond donors (Lipinski definition) is 1. The summed E-state index contributed by atoms with van der Waals surface area (Å²) in [5.41, 5.74) is -1.59. The van der Waals surface area contributed by atoms with Crippen molar-refractivity contribution in [1.29, 1.82) is 0 Å². The van der Waals surface area contributed by atoms with Crippen LogP contribution in [0.25, 0.3) is 11.0 Å². The molecule has 2 heterocycles. The molecule has 0 aliphatic carbocycles. The molecule has 0 saturated carbocycles. The van der Waals surface area contributed by atoms with E-state index in [-0.39, 0.29) is 35.2 Å². The summed E-state index contributed by atoms with van der Waals surface area (Å²) < 4.78 is 76.6. The first-order chi connectivity index (χ1) is 17.0. The van der Waals surface area contributed by atoms with Gasteiger partial charge in [-0.1, -0.05) is 17.7 Å². The average Bonchev–Trinajstić information content (AvgIpc) is 3.38. The number of nitrogens with zero attached hydrogens (tertiary/aromatic N) is 4. The topological polar surface area (TPSA) is 74.0 Å². The zero-order valence-electron chi connectivity index (χ0n) is 18.6. The van der Waals surface area contributed by atoms with E-state index in [1.54, 1.807) is 0 Å². The number of aryl methyl sites for hydroxylation is 1. The van der Waals surface area contributed by atoms with E-state index in [0.29, 0.717) is 16.7 Å². The predicted molar refractivity (Wildman–Crippen MR) is 125 cm³/mol. The highest BCUT2D eigenvalue weighted by atomic mass is 35.5. The van der Waals surface area contributed by atoms with Crippen LogP contribution in [0.2, 0.25) is 5.02 Å². The second kappa shape index (κ2) is 9.97. The van der Waals surface area contributed by atoms with E-state index in [9.17, 15) is 21.9 Å². The van der Waals surface area contributed by atoms with E-state index in [2.05, 4.69) is 15.4 Å². The quantitative estimate of drug-likeness (QED) is 0.216. The van der Waals surface area contributed by atoms with Crippen molar-refractivity contribution < 1.29 is 31.0 Å². The van der Waals surface area contributed by atoms with Crippen LogP contribution in [0, 0.1) is 5.82 Å². The van der Waals surface area contributed by atoms with Gasteiger partial charge in [-0.3, -0.25) is 4.68 Å². The molecule has 14 heteroatoms. The number of aromatic nitrogens is 4. The number of benzene rings is 2. The van der Waals surface area contributed by atoms with Crippen molar-refractivity contribution in [3.8, 4) is 0 Å². The molecule has 0 saturated heterocycles. The van der Waals surface area contributed by atoms with E-state index in [4.69, 9.17) is 16.3 Å². The number of esters is 1. The number of ether oxygens (including phenoxy) is 1. The normalized spacial score (nSPS) is 12.7. The standard InChI is InChI=1S/C22H17ClF5N5O2S/c1-3-35-21(34)17-19(32(2)31-20(17)22(25,26)27)18(13-6-4-11(23)8-14(13)24)30-12-5-7-16-15(9-12)29-10-33(16)36-28/h4-10,18,30H,3H2,1-2H3. The fourth-order valence-electron chi connectivity index (χ4n) is 3.80. The van der Waals surface area contributed by atoms with Gasteiger partial charge in [0, 0.05) is 23.3 Å². The summed E-state index contributed by atoms with van der Waals surface area (Å²) >= 11 is 5.82. The highest BCUT2D eigenvalue weighted by Gasteiger charge is 2.43. The largest absolute Gasteiger partial charge is 0.462 e. The predicted octanol–water partition coefficient (Wildman–Crippen LogP) is 6.34. The summed E-state index contributed by atoms with van der Waals surface area (Å²) in [5, 5.41) is 6.56. The molecule has 4 rings (SSSR count). The molecule has 1 unspecified atom stereocenters. The first-order valence-electron chi connectivity index (χ1n) is 10.3. The lowest BCUT2D eigenvalue weighted by molar-refractivity contribution is -0.142. The molecule has 1 N–H and O–H groups in total. The van der Waals surface area contributed by atoms with Gasteiger partial charge in [0.1, 0.15) is 17.7 Å². The van der Waals surface area contributed by atoms with Crippen LogP contribution in [-0.2, 0) is 18.0 Å². The number of carbonyl (C=O) groups is 1. The van der Waals surface area contributed by atoms with Crippen LogP contribution in [0.4, 0.5) is 27.1 Å². The maximum absolute atomic E-state index is 15.1. The van der Waals surface area contributed by atoms with Crippen molar-refractivity contribution in [2.45, 2.75) is 19.1 Å². The van der Waals surface area contributed by atoms with Crippen molar-refractivity contribution in [2.75, 3.05) is 11.9 Å². The van der Waals surface area contributed by atoms with Crippen molar-refractivity contribution in [1.82, 2.24) is 18.7 Å². The number of imidazole rings is 1. The molecule has 0 aliphatic heterocycles. The molecule has 7 nitrogen and oxygen atoms in total. The molecule has 4 aromatic rings. The summed E-state index contributed by atoms with van der Waals surface area (Å²) in [4.78, 5) is 16.8. The van der Waals surface area contributed by atoms with Crippen LogP contribution in [0.15, 0.2) is 42.7 Å². The fourth-order valence-corrected chi connectivity index (χ4v) is 4.27. The van der Waals surface area contributed by atoms with Gasteiger partial charge in [-0.05, 0) is 37.3 Å². The molecule has 1 atom stereocenters. The summed E-state index contributed by atoms with van der Waals surface area (Å²) in [6.07, 6.45) is -3.73. The van der Waals surface area contributed by atoms with Crippen LogP contribution in [-0.4, -0.2) is 31.3 Å². The van der Waals surface area contributed by atoms with Crippen LogP contribution in [0.3, 0.4) is 0 Å². The Labute approximate surface area is 210 Å². The van der Waals surface area contributed by atoms with Crippen LogP contribution in [0.5, 0.6) is 0 Å². The molecule has 0 amide bonds. The number of anilines is 1. The van der Waals surface area contributed by atoms with Gasteiger partial charge in [0.05, 0.1) is 29.4 Å². The third-order valence-corrected chi connectivity index (χ3v) is 5.96. The van der Waals surface area contributed by atoms with Gasteiger partial charge in [-0.15, -0.1) is 3.89 Å². The summed E-state index contributed by atoms with van der Waals surface area (Å²) in [7, 11) is 1.21. The van der Waals surface area contributed by atoms with Gasteiger partial charge in [-0.25, -0.2) is 18.1 Å². The first-order valence-corrected chi connectivity index (χ1v) is 11.4. The van der Waals surface area contributed by atoms with Crippen LogP contribution < -0.4 is 5.32 Å². The molecular weight excluding hydrogens is 529 g/mol. The molecule has 0 bridgehead atoms. The lowest BCUT2D eigenvalue weighted by Crippen LogP contribution is -2.22. The Morgan fingerprint density at radius 3 is 2.64 bits per heavy atom. The average molecular weight is 546 g/mol. The number of halogens is 6. The number of nitrogens with one attached hydrogen (secondary N) is 1. The minimum Gasteiger partial charge on any atom is -0.462 e. The van der Waals surface area contributed by atoms with Crippen molar-refractivity contribution in [2.24, 2.45) is 7.05 Å². The van der Waals surface area contributed by atoms with Gasteiger partial charge >= 0.3 is 12.1 Å². The van der Waals surface area contributed by atoms with Crippen molar-refractivity contribution >= 4 is 46.6 Å². The highest BCUT2D eigenvalue weighted by molar-refractivity contribution is 7.92. The second-order valence-corrected chi connectivity index (χ2v) is 8.50. The van der Waals surface area contributed by atoms with Crippen LogP contribution in [0.1, 0.15) is 40.3 Å². The Balaban J connectivity index is 1.93. The molecule has 0 radical (unpaired) electrons. The van der Waals surface area contributed by atoms with E-state index >= 15 is 4.39 Å². The highest BCUT2D eigenvalue weighted by Crippen LogP contribution is 2.39. The van der Waals surface area contributed by atoms with Gasteiger partial charge in [0.2, 0.25) is 0 Å². The SMILES string of the molecule is CCOC(=O)c1c(C(F)(F)F)nn(C)c1C(Nc1ccc2c(c1)ncn2SF)c1ccc(Cl)cc1F. The van der Waals surface area contributed by atoms with Gasteiger partial charge in [-0.2, -0.15) is 18.3 Å². The number of alkyl halides is 3. The van der Waals surface area contributed by atoms with Gasteiger partial charge in [0.25, 0.3) is 0 Å². The number of rotatable bonds is 7. The molecular formula is C22H17ClF5N5O2S. The molecule has 190 valence electrons. The number of hydrogen-bond acceptors (Lipinski definition) is 6. The molecule has 0 fully saturated rings. The van der Waals surface area contributed by atoms with Crippen molar-refractivity contribution in [3.63, 3.8) is 0 Å². The fraction of sp³-hybridized carbons (Fsp3) is 0.227. The first kappa shape index (κ1) is 25.8. The molecule has 2 aromatic heterocycles. The maximum Gasteiger partial charge on any atom is 0.436 e. The summed E-state index contributed by atoms with van der Waals surface area (Å²) in [6.45, 7) is 1.25. The Morgan fingerprint density at radius 1 is 1.25 bits per heavy atom. The Morgan fingerprint density at radius 2 is 2.00 bits per heavy atom. The zero-order chi connectivity index (χ0) is 26.2. The molecule has 2 aromatic carbocycles. The number of carbonyl (C=O) groups excluding carboxylic acids is 1. The Kier molecular flexibility index (Phi) is 7.14. The third kappa shape index (κ3) is 4.85. The second-order valence-electron chi connectivity index (χ2n) is 7.54. The lowest BCUT2D eigenvalue weighted by atomic mass is 9.97. The van der Waals surface area contributed by atoms with E-state index in [0.717, 1.165) is 10.7 Å². The molecule has 36 heavy (non-hydrogen) atoms. The maximum atomic E-state index is 15.1. The Bertz CT molecular complexity index is 1440. The monoisotopic (exact) mass is 545 g/mol. The molecule has 0 spiro atoms. The lowest BCUT2D eigenvalue weighted by Gasteiger charge is -2.23.